The van der Waals surface area contributed by atoms with Gasteiger partial charge < -0.3 is 4.74 Å². The van der Waals surface area contributed by atoms with Crippen LogP contribution in [-0.2, 0) is 19.6 Å². The number of hydrogen-bond acceptors (Lipinski definition) is 6. The van der Waals surface area contributed by atoms with Crippen LogP contribution in [0.25, 0.3) is 0 Å². The third-order valence-electron chi connectivity index (χ3n) is 4.97. The molecule has 8 nitrogen and oxygen atoms in total. The Hall–Kier alpha value is -1.97. The molecule has 1 aliphatic heterocycles. The quantitative estimate of drug-likeness (QED) is 0.499. The lowest BCUT2D eigenvalue weighted by molar-refractivity contribution is -0.122. The maximum absolute atomic E-state index is 12.3. The third kappa shape index (κ3) is 6.02. The molecule has 1 aliphatic rings. The summed E-state index contributed by atoms with van der Waals surface area (Å²) in [7, 11) is -3.92. The zero-order valence-corrected chi connectivity index (χ0v) is 17.4. The minimum atomic E-state index is -3.92. The number of carbonyl (C=O) groups excluding carboxylic acids is 2. The van der Waals surface area contributed by atoms with E-state index >= 15 is 0 Å². The summed E-state index contributed by atoms with van der Waals surface area (Å²) in [4.78, 5) is 28.0. The number of ether oxygens (including phenoxy) is 1. The number of hydrogen-bond donors (Lipinski definition) is 2. The first-order valence-corrected chi connectivity index (χ1v) is 11.1. The fourth-order valence-corrected chi connectivity index (χ4v) is 4.24. The zero-order valence-electron chi connectivity index (χ0n) is 16.6. The van der Waals surface area contributed by atoms with Crippen molar-refractivity contribution in [3.63, 3.8) is 0 Å². The van der Waals surface area contributed by atoms with Crippen LogP contribution in [0.15, 0.2) is 29.2 Å². The first-order valence-electron chi connectivity index (χ1n) is 9.58. The van der Waals surface area contributed by atoms with Crippen LogP contribution in [0, 0.1) is 0 Å². The van der Waals surface area contributed by atoms with E-state index < -0.39 is 21.9 Å². The summed E-state index contributed by atoms with van der Waals surface area (Å²) in [6.45, 7) is 6.81. The van der Waals surface area contributed by atoms with E-state index in [4.69, 9.17) is 4.74 Å². The molecule has 28 heavy (non-hydrogen) atoms. The number of rotatable bonds is 8. The molecule has 0 saturated carbocycles. The molecule has 0 unspecified atom stereocenters. The van der Waals surface area contributed by atoms with Crippen LogP contribution in [0.3, 0.4) is 0 Å². The average molecular weight is 412 g/mol. The molecule has 0 radical (unpaired) electrons. The predicted molar refractivity (Wildman–Crippen MR) is 105 cm³/mol. The van der Waals surface area contributed by atoms with Crippen molar-refractivity contribution < 1.29 is 22.7 Å². The molecule has 2 rings (SSSR count). The average Bonchev–Trinajstić information content (AvgIpc) is 2.66. The van der Waals surface area contributed by atoms with Gasteiger partial charge in [0.2, 0.25) is 5.91 Å². The Balaban J connectivity index is 1.86. The molecule has 1 aromatic rings. The van der Waals surface area contributed by atoms with Gasteiger partial charge in [-0.25, -0.2) is 13.2 Å². The van der Waals surface area contributed by atoms with E-state index in [-0.39, 0.29) is 23.5 Å². The van der Waals surface area contributed by atoms with Gasteiger partial charge in [-0.15, -0.1) is 4.83 Å². The van der Waals surface area contributed by atoms with Gasteiger partial charge in [-0.2, -0.15) is 0 Å². The van der Waals surface area contributed by atoms with E-state index in [2.05, 4.69) is 29.0 Å². The third-order valence-corrected chi connectivity index (χ3v) is 6.24. The Morgan fingerprint density at radius 1 is 1.14 bits per heavy atom. The van der Waals surface area contributed by atoms with Crippen LogP contribution in [0.2, 0.25) is 0 Å². The van der Waals surface area contributed by atoms with Gasteiger partial charge in [-0.05, 0) is 57.9 Å². The first-order chi connectivity index (χ1) is 13.2. The smallest absolute Gasteiger partial charge is 0.338 e. The monoisotopic (exact) mass is 411 g/mol. The van der Waals surface area contributed by atoms with Gasteiger partial charge in [0.05, 0.1) is 17.1 Å². The van der Waals surface area contributed by atoms with Crippen LogP contribution < -0.4 is 10.3 Å². The second-order valence-corrected chi connectivity index (χ2v) is 8.70. The number of nitrogens with zero attached hydrogens (tertiary/aromatic N) is 1. The lowest BCUT2D eigenvalue weighted by atomic mass is 9.97. The standard InChI is InChI=1S/C19H29N3O5S/c1-4-27-19(24)16-8-10-17(11-9-16)28(25,26)21-20-18(23)12-13-22-14(2)6-5-7-15(22)3/h8-11,14-15,21H,4-7,12-13H2,1-3H3,(H,20,23)/t14-,15-/m0/s1. The Bertz CT molecular complexity index is 769. The van der Waals surface area contributed by atoms with E-state index in [0.717, 1.165) is 12.8 Å². The first kappa shape index (κ1) is 22.3. The molecule has 0 aromatic heterocycles. The normalized spacial score (nSPS) is 20.5. The molecule has 1 fully saturated rings. The van der Waals surface area contributed by atoms with E-state index in [9.17, 15) is 18.0 Å². The highest BCUT2D eigenvalue weighted by molar-refractivity contribution is 7.89. The molecule has 1 saturated heterocycles. The molecule has 156 valence electrons. The summed E-state index contributed by atoms with van der Waals surface area (Å²) in [5.41, 5.74) is 2.51. The van der Waals surface area contributed by atoms with Crippen LogP contribution in [0.1, 0.15) is 56.8 Å². The van der Waals surface area contributed by atoms with Gasteiger partial charge in [0, 0.05) is 25.0 Å². The number of carbonyl (C=O) groups is 2. The predicted octanol–water partition coefficient (Wildman–Crippen LogP) is 1.83. The highest BCUT2D eigenvalue weighted by atomic mass is 32.2. The summed E-state index contributed by atoms with van der Waals surface area (Å²) >= 11 is 0. The Morgan fingerprint density at radius 3 is 2.32 bits per heavy atom. The number of nitrogens with one attached hydrogen (secondary N) is 2. The van der Waals surface area contributed by atoms with Crippen molar-refractivity contribution in [2.24, 2.45) is 0 Å². The van der Waals surface area contributed by atoms with Gasteiger partial charge in [0.1, 0.15) is 0 Å². The number of benzene rings is 1. The van der Waals surface area contributed by atoms with Crippen molar-refractivity contribution in [2.45, 2.75) is 63.4 Å². The molecule has 0 spiro atoms. The molecule has 1 amide bonds. The molecule has 0 aliphatic carbocycles. The molecule has 1 heterocycles. The van der Waals surface area contributed by atoms with Crippen LogP contribution >= 0.6 is 0 Å². The van der Waals surface area contributed by atoms with Gasteiger partial charge in [-0.3, -0.25) is 15.1 Å². The molecule has 1 aromatic carbocycles. The SMILES string of the molecule is CCOC(=O)c1ccc(S(=O)(=O)NNC(=O)CCN2[C@@H](C)CCC[C@@H]2C)cc1. The van der Waals surface area contributed by atoms with Crippen molar-refractivity contribution in [1.29, 1.82) is 0 Å². The van der Waals surface area contributed by atoms with Gasteiger partial charge in [0.15, 0.2) is 0 Å². The Morgan fingerprint density at radius 2 is 1.75 bits per heavy atom. The molecule has 9 heteroatoms. The molecule has 2 atom stereocenters. The van der Waals surface area contributed by atoms with Crippen molar-refractivity contribution >= 4 is 21.9 Å². The van der Waals surface area contributed by atoms with Gasteiger partial charge in [-0.1, -0.05) is 6.42 Å². The number of amides is 1. The number of piperidine rings is 1. The van der Waals surface area contributed by atoms with Crippen molar-refractivity contribution in [3.05, 3.63) is 29.8 Å². The van der Waals surface area contributed by atoms with E-state index in [1.165, 1.54) is 30.7 Å². The lowest BCUT2D eigenvalue weighted by Gasteiger charge is -2.38. The lowest BCUT2D eigenvalue weighted by Crippen LogP contribution is -2.47. The fraction of sp³-hybridized carbons (Fsp3) is 0.579. The van der Waals surface area contributed by atoms with Crippen LogP contribution in [-0.4, -0.2) is 50.4 Å². The van der Waals surface area contributed by atoms with E-state index in [0.29, 0.717) is 18.6 Å². The minimum absolute atomic E-state index is 0.0564. The fourth-order valence-electron chi connectivity index (χ4n) is 3.38. The van der Waals surface area contributed by atoms with E-state index in [1.54, 1.807) is 6.92 Å². The summed E-state index contributed by atoms with van der Waals surface area (Å²) in [6, 6.07) is 6.16. The van der Waals surface area contributed by atoms with Crippen molar-refractivity contribution in [3.8, 4) is 0 Å². The molecular weight excluding hydrogens is 382 g/mol. The van der Waals surface area contributed by atoms with Gasteiger partial charge >= 0.3 is 5.97 Å². The zero-order chi connectivity index (χ0) is 20.7. The summed E-state index contributed by atoms with van der Waals surface area (Å²) in [6.07, 6.45) is 3.62. The molecule has 2 N–H and O–H groups in total. The Kier molecular flexibility index (Phi) is 7.97. The number of sulfonamides is 1. The van der Waals surface area contributed by atoms with Gasteiger partial charge in [0.25, 0.3) is 10.0 Å². The van der Waals surface area contributed by atoms with Crippen LogP contribution in [0.5, 0.6) is 0 Å². The second-order valence-electron chi connectivity index (χ2n) is 7.02. The maximum atomic E-state index is 12.3. The second kappa shape index (κ2) is 9.99. The number of hydrazine groups is 1. The summed E-state index contributed by atoms with van der Waals surface area (Å²) in [5.74, 6) is -0.912. The number of esters is 1. The molecule has 0 bridgehead atoms. The Labute approximate surface area is 166 Å². The molecular formula is C19H29N3O5S. The summed E-state index contributed by atoms with van der Waals surface area (Å²) < 4.78 is 29.5. The maximum Gasteiger partial charge on any atom is 0.338 e. The topological polar surface area (TPSA) is 105 Å². The summed E-state index contributed by atoms with van der Waals surface area (Å²) in [5, 5.41) is 0. The van der Waals surface area contributed by atoms with E-state index in [1.807, 2.05) is 0 Å². The van der Waals surface area contributed by atoms with Crippen LogP contribution in [0.4, 0.5) is 0 Å². The highest BCUT2D eigenvalue weighted by Crippen LogP contribution is 2.22. The number of likely N-dealkylation sites (tertiary alicyclic amines) is 1. The minimum Gasteiger partial charge on any atom is -0.462 e. The highest BCUT2D eigenvalue weighted by Gasteiger charge is 2.25. The van der Waals surface area contributed by atoms with Crippen molar-refractivity contribution in [1.82, 2.24) is 15.2 Å². The largest absolute Gasteiger partial charge is 0.462 e. The van der Waals surface area contributed by atoms with Crippen molar-refractivity contribution in [2.75, 3.05) is 13.2 Å².